The molecule has 0 aromatic heterocycles. The first kappa shape index (κ1) is 20.7. The van der Waals surface area contributed by atoms with Crippen molar-refractivity contribution < 1.29 is 28.1 Å². The van der Waals surface area contributed by atoms with Gasteiger partial charge in [0.1, 0.15) is 16.3 Å². The zero-order valence-corrected chi connectivity index (χ0v) is 16.3. The average molecular weight is 458 g/mol. The number of phenolic OH excluding ortho intramolecular Hbond substituents is 2. The minimum absolute atomic E-state index is 0.138. The molecule has 29 heavy (non-hydrogen) atoms. The van der Waals surface area contributed by atoms with Crippen molar-refractivity contribution in [1.82, 2.24) is 0 Å². The van der Waals surface area contributed by atoms with Crippen molar-refractivity contribution in [3.05, 3.63) is 56.6 Å². The fourth-order valence-electron chi connectivity index (χ4n) is 2.49. The molecule has 0 heterocycles. The van der Waals surface area contributed by atoms with Crippen LogP contribution in [0.5, 0.6) is 11.5 Å². The van der Waals surface area contributed by atoms with Crippen molar-refractivity contribution in [3.8, 4) is 11.5 Å². The van der Waals surface area contributed by atoms with Gasteiger partial charge in [0.2, 0.25) is 0 Å². The van der Waals surface area contributed by atoms with Gasteiger partial charge in [0, 0.05) is 27.9 Å². The van der Waals surface area contributed by atoms with E-state index in [0.29, 0.717) is 16.5 Å². The van der Waals surface area contributed by atoms with Crippen LogP contribution in [0.25, 0.3) is 10.8 Å². The second-order valence-corrected chi connectivity index (χ2v) is 7.83. The Bertz CT molecular complexity index is 1310. The van der Waals surface area contributed by atoms with Crippen molar-refractivity contribution in [3.63, 3.8) is 0 Å². The Morgan fingerprint density at radius 2 is 1.55 bits per heavy atom. The number of phenols is 2. The molecule has 3 aromatic rings. The normalized spacial score (nSPS) is 12.0. The third-order valence-corrected chi connectivity index (χ3v) is 5.33. The van der Waals surface area contributed by atoms with Gasteiger partial charge in [0.25, 0.3) is 15.8 Å². The van der Waals surface area contributed by atoms with E-state index < -0.39 is 42.8 Å². The summed E-state index contributed by atoms with van der Waals surface area (Å²) in [6.07, 6.45) is 0. The Morgan fingerprint density at radius 3 is 2.17 bits per heavy atom. The van der Waals surface area contributed by atoms with Crippen LogP contribution in [-0.2, 0) is 10.1 Å². The maximum Gasteiger partial charge on any atom is 0.298 e. The smallest absolute Gasteiger partial charge is 0.298 e. The van der Waals surface area contributed by atoms with E-state index in [0.717, 1.165) is 6.07 Å². The standard InChI is InChI=1S/C16H9Cl2N3O7S/c17-9-2-3-10(18)14-8(9)1-4-11(16(14)23)19-20-12-5-7(21(24)25)6-13(15(12)22)29(26,27)28/h1-6,22-23H,(H,26,27,28). The third kappa shape index (κ3) is 3.93. The second kappa shape index (κ2) is 7.44. The highest BCUT2D eigenvalue weighted by Crippen LogP contribution is 2.43. The summed E-state index contributed by atoms with van der Waals surface area (Å²) in [6.45, 7) is 0. The van der Waals surface area contributed by atoms with Gasteiger partial charge in [0.15, 0.2) is 11.5 Å². The summed E-state index contributed by atoms with van der Waals surface area (Å²) in [5.41, 5.74) is -1.52. The average Bonchev–Trinajstić information content (AvgIpc) is 2.63. The maximum atomic E-state index is 11.4. The first-order chi connectivity index (χ1) is 13.5. The summed E-state index contributed by atoms with van der Waals surface area (Å²) in [6, 6.07) is 7.02. The van der Waals surface area contributed by atoms with E-state index in [2.05, 4.69) is 10.2 Å². The molecule has 0 fully saturated rings. The minimum atomic E-state index is -4.98. The van der Waals surface area contributed by atoms with Crippen LogP contribution in [0.4, 0.5) is 17.1 Å². The zero-order valence-electron chi connectivity index (χ0n) is 13.9. The largest absolute Gasteiger partial charge is 0.505 e. The Morgan fingerprint density at radius 1 is 0.931 bits per heavy atom. The van der Waals surface area contributed by atoms with E-state index in [9.17, 15) is 28.7 Å². The lowest BCUT2D eigenvalue weighted by atomic mass is 10.1. The number of non-ortho nitro benzene ring substituents is 1. The van der Waals surface area contributed by atoms with Crippen LogP contribution in [0.3, 0.4) is 0 Å². The van der Waals surface area contributed by atoms with Gasteiger partial charge < -0.3 is 10.2 Å². The molecule has 0 aliphatic rings. The van der Waals surface area contributed by atoms with Gasteiger partial charge >= 0.3 is 0 Å². The third-order valence-electron chi connectivity index (χ3n) is 3.82. The van der Waals surface area contributed by atoms with E-state index in [4.69, 9.17) is 27.8 Å². The molecule has 0 saturated heterocycles. The lowest BCUT2D eigenvalue weighted by Crippen LogP contribution is -2.00. The van der Waals surface area contributed by atoms with Crippen LogP contribution < -0.4 is 0 Å². The van der Waals surface area contributed by atoms with Crippen molar-refractivity contribution in [2.24, 2.45) is 10.2 Å². The highest BCUT2D eigenvalue weighted by Gasteiger charge is 2.24. The molecule has 150 valence electrons. The summed E-state index contributed by atoms with van der Waals surface area (Å²) in [7, 11) is -4.98. The van der Waals surface area contributed by atoms with Gasteiger partial charge in [0.05, 0.1) is 9.95 Å². The number of rotatable bonds is 4. The molecule has 0 amide bonds. The number of aromatic hydroxyl groups is 2. The zero-order chi connectivity index (χ0) is 21.5. The van der Waals surface area contributed by atoms with Gasteiger partial charge in [-0.05, 0) is 18.2 Å². The van der Waals surface area contributed by atoms with Gasteiger partial charge in [-0.25, -0.2) is 0 Å². The van der Waals surface area contributed by atoms with Gasteiger partial charge in [-0.1, -0.05) is 29.3 Å². The van der Waals surface area contributed by atoms with E-state index >= 15 is 0 Å². The summed E-state index contributed by atoms with van der Waals surface area (Å²) in [4.78, 5) is 8.94. The highest BCUT2D eigenvalue weighted by atomic mass is 35.5. The topological polar surface area (TPSA) is 163 Å². The highest BCUT2D eigenvalue weighted by molar-refractivity contribution is 7.86. The number of halogens is 2. The van der Waals surface area contributed by atoms with E-state index in [1.807, 2.05) is 0 Å². The number of benzene rings is 3. The van der Waals surface area contributed by atoms with Crippen LogP contribution in [0.15, 0.2) is 51.5 Å². The Hall–Kier alpha value is -2.99. The Balaban J connectivity index is 2.18. The summed E-state index contributed by atoms with van der Waals surface area (Å²) in [5, 5.41) is 39.8. The summed E-state index contributed by atoms with van der Waals surface area (Å²) in [5.74, 6) is -1.46. The molecule has 0 aliphatic heterocycles. The number of nitro benzene ring substituents is 1. The van der Waals surface area contributed by atoms with Crippen molar-refractivity contribution >= 4 is 61.2 Å². The summed E-state index contributed by atoms with van der Waals surface area (Å²) < 4.78 is 31.9. The molecule has 0 unspecified atom stereocenters. The van der Waals surface area contributed by atoms with Crippen molar-refractivity contribution in [2.45, 2.75) is 4.90 Å². The number of nitrogens with zero attached hydrogens (tertiary/aromatic N) is 3. The molecule has 0 atom stereocenters. The molecule has 3 rings (SSSR count). The van der Waals surface area contributed by atoms with Crippen LogP contribution in [0.1, 0.15) is 0 Å². The fourth-order valence-corrected chi connectivity index (χ4v) is 3.58. The predicted molar refractivity (Wildman–Crippen MR) is 104 cm³/mol. The molecule has 0 radical (unpaired) electrons. The first-order valence-corrected chi connectivity index (χ1v) is 9.70. The van der Waals surface area contributed by atoms with E-state index in [-0.39, 0.29) is 16.1 Å². The fraction of sp³-hybridized carbons (Fsp3) is 0. The maximum absolute atomic E-state index is 11.4. The molecule has 13 heteroatoms. The number of fused-ring (bicyclic) bond motifs is 1. The molecule has 0 saturated carbocycles. The quantitative estimate of drug-likeness (QED) is 0.211. The first-order valence-electron chi connectivity index (χ1n) is 7.51. The molecular weight excluding hydrogens is 449 g/mol. The second-order valence-electron chi connectivity index (χ2n) is 5.63. The van der Waals surface area contributed by atoms with Gasteiger partial charge in [-0.3, -0.25) is 14.7 Å². The lowest BCUT2D eigenvalue weighted by molar-refractivity contribution is -0.385. The van der Waals surface area contributed by atoms with Crippen LogP contribution in [0.2, 0.25) is 10.0 Å². The molecule has 3 N–H and O–H groups in total. The monoisotopic (exact) mass is 457 g/mol. The van der Waals surface area contributed by atoms with Crippen molar-refractivity contribution in [2.75, 3.05) is 0 Å². The molecule has 0 aliphatic carbocycles. The molecule has 0 spiro atoms. The Kier molecular flexibility index (Phi) is 5.32. The van der Waals surface area contributed by atoms with Gasteiger partial charge in [-0.2, -0.15) is 8.42 Å². The lowest BCUT2D eigenvalue weighted by Gasteiger charge is -2.07. The van der Waals surface area contributed by atoms with Crippen LogP contribution in [-0.4, -0.2) is 28.1 Å². The van der Waals surface area contributed by atoms with Crippen molar-refractivity contribution in [1.29, 1.82) is 0 Å². The van der Waals surface area contributed by atoms with Gasteiger partial charge in [-0.15, -0.1) is 10.2 Å². The minimum Gasteiger partial charge on any atom is -0.505 e. The number of azo groups is 1. The summed E-state index contributed by atoms with van der Waals surface area (Å²) >= 11 is 12.1. The predicted octanol–water partition coefficient (Wildman–Crippen LogP) is 5.13. The molecule has 10 nitrogen and oxygen atoms in total. The molecule has 0 bridgehead atoms. The number of hydrogen-bond donors (Lipinski definition) is 3. The van der Waals surface area contributed by atoms with E-state index in [1.54, 1.807) is 0 Å². The molecule has 3 aromatic carbocycles. The van der Waals surface area contributed by atoms with Crippen LogP contribution >= 0.6 is 23.2 Å². The SMILES string of the molecule is O=[N+]([O-])c1cc(N=Nc2ccc3c(Cl)ccc(Cl)c3c2O)c(O)c(S(=O)(=O)O)c1. The number of nitro groups is 1. The van der Waals surface area contributed by atoms with Crippen LogP contribution in [0, 0.1) is 10.1 Å². The Labute approximate surface area is 172 Å². The van der Waals surface area contributed by atoms with E-state index in [1.165, 1.54) is 24.3 Å². The molecular formula is C16H9Cl2N3O7S. The number of hydrogen-bond acceptors (Lipinski definition) is 8.